The summed E-state index contributed by atoms with van der Waals surface area (Å²) in [4.78, 5) is 34.4. The number of urea groups is 1. The molecule has 1 aromatic carbocycles. The van der Waals surface area contributed by atoms with E-state index in [1.54, 1.807) is 0 Å². The molecule has 0 fully saturated rings. The Labute approximate surface area is 197 Å². The molecular weight excluding hydrogens is 534 g/mol. The number of primary amides is 1. The van der Waals surface area contributed by atoms with Crippen molar-refractivity contribution >= 4 is 50.4 Å². The van der Waals surface area contributed by atoms with E-state index in [0.29, 0.717) is 11.5 Å². The molecule has 0 saturated heterocycles. The SMILES string of the molecule is NC(=O)c1c(OCc2c(F)cc(Br)cc2F)nsc1NC(=O)NCC(O)CC(O)CC(=O)O. The van der Waals surface area contributed by atoms with Crippen LogP contribution in [0.15, 0.2) is 16.6 Å². The first-order chi connectivity index (χ1) is 15.5. The molecule has 0 aliphatic carbocycles. The maximum atomic E-state index is 14.0. The Morgan fingerprint density at radius 3 is 2.42 bits per heavy atom. The number of hydrogen-bond acceptors (Lipinski definition) is 8. The van der Waals surface area contributed by atoms with E-state index in [9.17, 15) is 33.4 Å². The van der Waals surface area contributed by atoms with Crippen LogP contribution in [0.25, 0.3) is 0 Å². The summed E-state index contributed by atoms with van der Waals surface area (Å²) >= 11 is 3.57. The molecule has 0 saturated carbocycles. The van der Waals surface area contributed by atoms with Crippen molar-refractivity contribution in [2.75, 3.05) is 11.9 Å². The molecule has 3 amide bonds. The molecule has 1 aromatic heterocycles. The van der Waals surface area contributed by atoms with E-state index < -0.39 is 60.3 Å². The first-order valence-electron chi connectivity index (χ1n) is 9.16. The van der Waals surface area contributed by atoms with Crippen molar-refractivity contribution in [3.63, 3.8) is 0 Å². The second-order valence-electron chi connectivity index (χ2n) is 6.67. The highest BCUT2D eigenvalue weighted by Crippen LogP contribution is 2.31. The fourth-order valence-corrected chi connectivity index (χ4v) is 3.70. The van der Waals surface area contributed by atoms with E-state index in [1.807, 2.05) is 0 Å². The number of amides is 3. The van der Waals surface area contributed by atoms with Gasteiger partial charge in [-0.1, -0.05) is 15.9 Å². The molecule has 0 spiro atoms. The number of halogens is 3. The number of carbonyl (C=O) groups is 3. The van der Waals surface area contributed by atoms with Crippen molar-refractivity contribution in [1.29, 1.82) is 0 Å². The number of aromatic nitrogens is 1. The molecule has 11 nitrogen and oxygen atoms in total. The average molecular weight is 553 g/mol. The number of anilines is 1. The fraction of sp³-hybridized carbons (Fsp3) is 0.333. The quantitative estimate of drug-likeness (QED) is 0.242. The van der Waals surface area contributed by atoms with Gasteiger partial charge in [0.2, 0.25) is 5.88 Å². The molecule has 0 radical (unpaired) electrons. The first kappa shape index (κ1) is 26.4. The number of nitrogens with two attached hydrogens (primary N) is 1. The zero-order valence-electron chi connectivity index (χ0n) is 16.7. The van der Waals surface area contributed by atoms with Gasteiger partial charge in [-0.05, 0) is 23.7 Å². The molecule has 2 unspecified atom stereocenters. The molecular formula is C18H19BrF2N4O7S. The molecule has 33 heavy (non-hydrogen) atoms. The largest absolute Gasteiger partial charge is 0.481 e. The molecule has 15 heteroatoms. The third-order valence-electron chi connectivity index (χ3n) is 4.05. The van der Waals surface area contributed by atoms with E-state index in [1.165, 1.54) is 0 Å². The summed E-state index contributed by atoms with van der Waals surface area (Å²) in [5, 5.41) is 32.3. The van der Waals surface area contributed by atoms with Crippen LogP contribution >= 0.6 is 27.5 Å². The number of ether oxygens (including phenoxy) is 1. The van der Waals surface area contributed by atoms with Crippen LogP contribution in [0.4, 0.5) is 18.6 Å². The topological polar surface area (TPSA) is 184 Å². The number of aliphatic hydroxyl groups excluding tert-OH is 2. The number of rotatable bonds is 11. The Hall–Kier alpha value is -2.88. The summed E-state index contributed by atoms with van der Waals surface area (Å²) in [7, 11) is 0. The standard InChI is InChI=1S/C18H19BrF2N4O7S/c19-7-1-11(20)10(12(21)2-7)6-32-16-14(15(22)30)17(33-25-16)24-18(31)23-5-9(27)3-8(26)4-13(28)29/h1-2,8-9,26-27H,3-6H2,(H2,22,30)(H,28,29)(H2,23,24,31). The van der Waals surface area contributed by atoms with Crippen LogP contribution < -0.4 is 21.1 Å². The molecule has 2 atom stereocenters. The van der Waals surface area contributed by atoms with Crippen LogP contribution in [0.1, 0.15) is 28.8 Å². The van der Waals surface area contributed by atoms with E-state index in [2.05, 4.69) is 30.9 Å². The van der Waals surface area contributed by atoms with Gasteiger partial charge in [-0.2, -0.15) is 4.37 Å². The Balaban J connectivity index is 1.99. The molecule has 2 aromatic rings. The predicted octanol–water partition coefficient (Wildman–Crippen LogP) is 1.57. The number of benzene rings is 1. The van der Waals surface area contributed by atoms with Gasteiger partial charge < -0.3 is 31.1 Å². The van der Waals surface area contributed by atoms with Crippen LogP contribution in [0.2, 0.25) is 0 Å². The molecule has 7 N–H and O–H groups in total. The Morgan fingerprint density at radius 1 is 1.21 bits per heavy atom. The van der Waals surface area contributed by atoms with Gasteiger partial charge in [-0.3, -0.25) is 14.9 Å². The summed E-state index contributed by atoms with van der Waals surface area (Å²) in [5.41, 5.74) is 4.57. The maximum Gasteiger partial charge on any atom is 0.320 e. The lowest BCUT2D eigenvalue weighted by Crippen LogP contribution is -2.37. The van der Waals surface area contributed by atoms with Crippen molar-refractivity contribution in [2.45, 2.75) is 31.7 Å². The van der Waals surface area contributed by atoms with Gasteiger partial charge in [-0.25, -0.2) is 13.6 Å². The molecule has 0 bridgehead atoms. The predicted molar refractivity (Wildman–Crippen MR) is 115 cm³/mol. The van der Waals surface area contributed by atoms with E-state index in [-0.39, 0.29) is 33.9 Å². The van der Waals surface area contributed by atoms with E-state index in [4.69, 9.17) is 15.6 Å². The van der Waals surface area contributed by atoms with Gasteiger partial charge in [-0.15, -0.1) is 0 Å². The highest BCUT2D eigenvalue weighted by atomic mass is 79.9. The van der Waals surface area contributed by atoms with Crippen molar-refractivity contribution in [3.8, 4) is 5.88 Å². The Morgan fingerprint density at radius 2 is 1.85 bits per heavy atom. The van der Waals surface area contributed by atoms with Gasteiger partial charge in [0.15, 0.2) is 0 Å². The molecule has 0 aliphatic heterocycles. The maximum absolute atomic E-state index is 14.0. The van der Waals surface area contributed by atoms with Gasteiger partial charge in [0.1, 0.15) is 28.8 Å². The number of carboxylic acids is 1. The van der Waals surface area contributed by atoms with Crippen molar-refractivity contribution in [2.24, 2.45) is 5.73 Å². The van der Waals surface area contributed by atoms with Crippen LogP contribution in [-0.4, -0.2) is 56.4 Å². The third-order valence-corrected chi connectivity index (χ3v) is 5.25. The Bertz CT molecular complexity index is 1020. The van der Waals surface area contributed by atoms with Crippen LogP contribution in [0, 0.1) is 11.6 Å². The van der Waals surface area contributed by atoms with Crippen LogP contribution in [-0.2, 0) is 11.4 Å². The molecule has 0 aliphatic rings. The number of hydrogen-bond donors (Lipinski definition) is 6. The normalized spacial score (nSPS) is 12.6. The second kappa shape index (κ2) is 11.8. The number of nitrogens with zero attached hydrogens (tertiary/aromatic N) is 1. The van der Waals surface area contributed by atoms with E-state index in [0.717, 1.165) is 12.1 Å². The molecule has 180 valence electrons. The number of carbonyl (C=O) groups excluding carboxylic acids is 2. The summed E-state index contributed by atoms with van der Waals surface area (Å²) < 4.78 is 37.2. The lowest BCUT2D eigenvalue weighted by atomic mass is 10.1. The Kier molecular flexibility index (Phi) is 9.45. The summed E-state index contributed by atoms with van der Waals surface area (Å²) in [6.07, 6.45) is -3.40. The smallest absolute Gasteiger partial charge is 0.320 e. The number of nitrogens with one attached hydrogen (secondary N) is 2. The summed E-state index contributed by atoms with van der Waals surface area (Å²) in [5.74, 6) is -4.39. The van der Waals surface area contributed by atoms with Gasteiger partial charge in [0.25, 0.3) is 5.91 Å². The van der Waals surface area contributed by atoms with Crippen molar-refractivity contribution < 1.29 is 43.2 Å². The molecule has 1 heterocycles. The zero-order valence-corrected chi connectivity index (χ0v) is 19.1. The summed E-state index contributed by atoms with van der Waals surface area (Å²) in [6, 6.07) is 1.19. The highest BCUT2D eigenvalue weighted by Gasteiger charge is 2.23. The lowest BCUT2D eigenvalue weighted by Gasteiger charge is -2.15. The van der Waals surface area contributed by atoms with Crippen molar-refractivity contribution in [3.05, 3.63) is 39.4 Å². The van der Waals surface area contributed by atoms with Crippen LogP contribution in [0.5, 0.6) is 5.88 Å². The van der Waals surface area contributed by atoms with Crippen molar-refractivity contribution in [1.82, 2.24) is 9.69 Å². The monoisotopic (exact) mass is 552 g/mol. The van der Waals surface area contributed by atoms with Gasteiger partial charge in [0, 0.05) is 17.4 Å². The minimum atomic E-state index is -1.30. The second-order valence-corrected chi connectivity index (χ2v) is 8.36. The molecule has 2 rings (SSSR count). The lowest BCUT2D eigenvalue weighted by molar-refractivity contribution is -0.139. The summed E-state index contributed by atoms with van der Waals surface area (Å²) in [6.45, 7) is -0.940. The number of carboxylic acid groups (broad SMARTS) is 1. The first-order valence-corrected chi connectivity index (χ1v) is 10.7. The third kappa shape index (κ3) is 7.88. The highest BCUT2D eigenvalue weighted by molar-refractivity contribution is 9.10. The van der Waals surface area contributed by atoms with Gasteiger partial charge in [0.05, 0.1) is 24.2 Å². The number of aliphatic carboxylic acids is 1. The fourth-order valence-electron chi connectivity index (χ4n) is 2.57. The van der Waals surface area contributed by atoms with Crippen LogP contribution in [0.3, 0.4) is 0 Å². The number of aliphatic hydroxyl groups is 2. The average Bonchev–Trinajstić information content (AvgIpc) is 3.07. The minimum Gasteiger partial charge on any atom is -0.481 e. The van der Waals surface area contributed by atoms with Gasteiger partial charge >= 0.3 is 12.0 Å². The van der Waals surface area contributed by atoms with E-state index >= 15 is 0 Å². The minimum absolute atomic E-state index is 0.118. The zero-order chi connectivity index (χ0) is 24.7.